The first-order valence-electron chi connectivity index (χ1n) is 7.71. The lowest BCUT2D eigenvalue weighted by Gasteiger charge is -2.20. The Labute approximate surface area is 117 Å². The van der Waals surface area contributed by atoms with Gasteiger partial charge in [0, 0.05) is 11.5 Å². The molecule has 0 atom stereocenters. The normalized spacial score (nSPS) is 17.8. The Hall–Kier alpha value is -1.11. The lowest BCUT2D eigenvalue weighted by Crippen LogP contribution is -2.18. The fourth-order valence-corrected chi connectivity index (χ4v) is 3.49. The zero-order valence-corrected chi connectivity index (χ0v) is 12.6. The van der Waals surface area contributed by atoms with E-state index >= 15 is 0 Å². The summed E-state index contributed by atoms with van der Waals surface area (Å²) in [6.07, 6.45) is 8.58. The molecule has 104 valence electrons. The third-order valence-electron chi connectivity index (χ3n) is 4.40. The summed E-state index contributed by atoms with van der Waals surface area (Å²) in [4.78, 5) is 12.8. The maximum absolute atomic E-state index is 12.8. The van der Waals surface area contributed by atoms with Crippen molar-refractivity contribution in [3.8, 4) is 0 Å². The van der Waals surface area contributed by atoms with E-state index < -0.39 is 0 Å². The van der Waals surface area contributed by atoms with Crippen LogP contribution in [0.3, 0.4) is 0 Å². The Morgan fingerprint density at radius 3 is 1.89 bits per heavy atom. The van der Waals surface area contributed by atoms with E-state index in [0.29, 0.717) is 5.78 Å². The highest BCUT2D eigenvalue weighted by atomic mass is 16.1. The maximum Gasteiger partial charge on any atom is 0.166 e. The highest BCUT2D eigenvalue weighted by molar-refractivity contribution is 6.00. The van der Waals surface area contributed by atoms with Crippen LogP contribution in [0.5, 0.6) is 0 Å². The molecule has 1 nitrogen and oxygen atoms in total. The van der Waals surface area contributed by atoms with Crippen molar-refractivity contribution in [1.29, 1.82) is 0 Å². The summed E-state index contributed by atoms with van der Waals surface area (Å²) >= 11 is 0. The first-order chi connectivity index (χ1) is 9.09. The van der Waals surface area contributed by atoms with Crippen molar-refractivity contribution in [3.05, 3.63) is 34.4 Å². The van der Waals surface area contributed by atoms with Gasteiger partial charge >= 0.3 is 0 Å². The largest absolute Gasteiger partial charge is 0.294 e. The number of hydrogen-bond donors (Lipinski definition) is 0. The molecule has 19 heavy (non-hydrogen) atoms. The smallest absolute Gasteiger partial charge is 0.166 e. The predicted octanol–water partition coefficient (Wildman–Crippen LogP) is 5.16. The second-order valence-electron chi connectivity index (χ2n) is 6.18. The van der Waals surface area contributed by atoms with E-state index in [4.69, 9.17) is 0 Å². The second-order valence-corrected chi connectivity index (χ2v) is 6.18. The number of ketones is 1. The summed E-state index contributed by atoms with van der Waals surface area (Å²) in [5.74, 6) is 0.664. The van der Waals surface area contributed by atoms with Crippen LogP contribution >= 0.6 is 0 Å². The van der Waals surface area contributed by atoms with Gasteiger partial charge in [-0.2, -0.15) is 0 Å². The van der Waals surface area contributed by atoms with Crippen LogP contribution in [0, 0.1) is 26.7 Å². The molecule has 1 saturated carbocycles. The zero-order chi connectivity index (χ0) is 13.8. The average molecular weight is 258 g/mol. The molecule has 1 aromatic carbocycles. The Balaban J connectivity index is 2.22. The van der Waals surface area contributed by atoms with Gasteiger partial charge in [0.05, 0.1) is 0 Å². The Bertz CT molecular complexity index is 428. The molecule has 1 aliphatic rings. The average Bonchev–Trinajstić information content (AvgIpc) is 2.26. The summed E-state index contributed by atoms with van der Waals surface area (Å²) in [7, 11) is 0. The van der Waals surface area contributed by atoms with E-state index in [1.807, 2.05) is 0 Å². The molecular formula is C18H26O. The number of aryl methyl sites for hydroxylation is 3. The summed E-state index contributed by atoms with van der Waals surface area (Å²) in [5, 5.41) is 0. The topological polar surface area (TPSA) is 17.1 Å². The highest BCUT2D eigenvalue weighted by Crippen LogP contribution is 2.28. The van der Waals surface area contributed by atoms with Crippen molar-refractivity contribution in [2.75, 3.05) is 0 Å². The van der Waals surface area contributed by atoms with Crippen molar-refractivity contribution in [2.24, 2.45) is 5.92 Å². The van der Waals surface area contributed by atoms with Gasteiger partial charge in [0.25, 0.3) is 0 Å². The van der Waals surface area contributed by atoms with Gasteiger partial charge in [0.1, 0.15) is 0 Å². The number of Topliss-reactive ketones (excluding diaryl/α,β-unsaturated/α-hetero) is 1. The minimum atomic E-state index is 0.264. The predicted molar refractivity (Wildman–Crippen MR) is 80.8 cm³/mol. The molecule has 1 fully saturated rings. The van der Waals surface area contributed by atoms with Gasteiger partial charge < -0.3 is 0 Å². The minimum absolute atomic E-state index is 0.264. The van der Waals surface area contributed by atoms with E-state index in [-0.39, 0.29) is 5.92 Å². The third-order valence-corrected chi connectivity index (χ3v) is 4.40. The van der Waals surface area contributed by atoms with Gasteiger partial charge in [-0.25, -0.2) is 0 Å². The molecule has 0 radical (unpaired) electrons. The molecule has 0 bridgehead atoms. The molecule has 2 rings (SSSR count). The van der Waals surface area contributed by atoms with Crippen LogP contribution in [-0.4, -0.2) is 5.78 Å². The molecule has 0 unspecified atom stereocenters. The zero-order valence-electron chi connectivity index (χ0n) is 12.6. The van der Waals surface area contributed by atoms with Crippen LogP contribution in [0.1, 0.15) is 72.0 Å². The Morgan fingerprint density at radius 2 is 1.37 bits per heavy atom. The Morgan fingerprint density at radius 1 is 0.895 bits per heavy atom. The van der Waals surface area contributed by atoms with Gasteiger partial charge in [-0.3, -0.25) is 4.79 Å². The lowest BCUT2D eigenvalue weighted by atomic mass is 9.83. The molecule has 0 heterocycles. The third kappa shape index (κ3) is 3.46. The van der Waals surface area contributed by atoms with Crippen LogP contribution < -0.4 is 0 Å². The number of benzene rings is 1. The molecular weight excluding hydrogens is 232 g/mol. The lowest BCUT2D eigenvalue weighted by molar-refractivity contribution is 0.0897. The molecule has 0 amide bonds. The monoisotopic (exact) mass is 258 g/mol. The van der Waals surface area contributed by atoms with Crippen molar-refractivity contribution in [2.45, 2.75) is 65.7 Å². The number of carbonyl (C=O) groups excluding carboxylic acids is 1. The van der Waals surface area contributed by atoms with Crippen LogP contribution in [0.25, 0.3) is 0 Å². The fraction of sp³-hybridized carbons (Fsp3) is 0.611. The first kappa shape index (κ1) is 14.3. The van der Waals surface area contributed by atoms with Gasteiger partial charge in [-0.05, 0) is 44.7 Å². The SMILES string of the molecule is Cc1cc(C)c(C(=O)C2CCCCCCC2)c(C)c1. The maximum atomic E-state index is 12.8. The van der Waals surface area contributed by atoms with Crippen LogP contribution in [-0.2, 0) is 0 Å². The number of rotatable bonds is 2. The van der Waals surface area contributed by atoms with E-state index in [9.17, 15) is 4.79 Å². The molecule has 0 spiro atoms. The van der Waals surface area contributed by atoms with E-state index in [2.05, 4.69) is 32.9 Å². The number of carbonyl (C=O) groups is 1. The molecule has 1 heteroatoms. The van der Waals surface area contributed by atoms with E-state index in [1.165, 1.54) is 37.7 Å². The fourth-order valence-electron chi connectivity index (χ4n) is 3.49. The highest BCUT2D eigenvalue weighted by Gasteiger charge is 2.23. The van der Waals surface area contributed by atoms with Crippen LogP contribution in [0.4, 0.5) is 0 Å². The van der Waals surface area contributed by atoms with Gasteiger partial charge in [0.15, 0.2) is 5.78 Å². The minimum Gasteiger partial charge on any atom is -0.294 e. The first-order valence-corrected chi connectivity index (χ1v) is 7.71. The van der Waals surface area contributed by atoms with Gasteiger partial charge in [0.2, 0.25) is 0 Å². The summed E-state index contributed by atoms with van der Waals surface area (Å²) in [6.45, 7) is 6.26. The second kappa shape index (κ2) is 6.36. The van der Waals surface area contributed by atoms with Crippen molar-refractivity contribution >= 4 is 5.78 Å². The molecule has 0 saturated heterocycles. The standard InChI is InChI=1S/C18H26O/c1-13-11-14(2)17(15(3)12-13)18(19)16-9-7-5-4-6-8-10-16/h11-12,16H,4-10H2,1-3H3. The Kier molecular flexibility index (Phi) is 4.79. The van der Waals surface area contributed by atoms with Crippen LogP contribution in [0.2, 0.25) is 0 Å². The van der Waals surface area contributed by atoms with Crippen molar-refractivity contribution in [3.63, 3.8) is 0 Å². The van der Waals surface area contributed by atoms with Gasteiger partial charge in [-0.15, -0.1) is 0 Å². The van der Waals surface area contributed by atoms with E-state index in [1.54, 1.807) is 0 Å². The van der Waals surface area contributed by atoms with Gasteiger partial charge in [-0.1, -0.05) is 49.8 Å². The summed E-state index contributed by atoms with van der Waals surface area (Å²) < 4.78 is 0. The summed E-state index contributed by atoms with van der Waals surface area (Å²) in [6, 6.07) is 4.28. The van der Waals surface area contributed by atoms with Crippen LogP contribution in [0.15, 0.2) is 12.1 Å². The summed E-state index contributed by atoms with van der Waals surface area (Å²) in [5.41, 5.74) is 4.56. The number of hydrogen-bond acceptors (Lipinski definition) is 1. The quantitative estimate of drug-likeness (QED) is 0.670. The molecule has 0 aromatic heterocycles. The molecule has 0 N–H and O–H groups in total. The van der Waals surface area contributed by atoms with Crippen molar-refractivity contribution < 1.29 is 4.79 Å². The van der Waals surface area contributed by atoms with Crippen molar-refractivity contribution in [1.82, 2.24) is 0 Å². The molecule has 1 aromatic rings. The van der Waals surface area contributed by atoms with E-state index in [0.717, 1.165) is 29.5 Å². The molecule has 1 aliphatic carbocycles. The molecule has 0 aliphatic heterocycles.